The van der Waals surface area contributed by atoms with Crippen LogP contribution in [0.3, 0.4) is 0 Å². The summed E-state index contributed by atoms with van der Waals surface area (Å²) >= 11 is 3.48. The number of benzene rings is 1. The molecule has 0 atom stereocenters. The number of rotatable bonds is 6. The molecule has 0 amide bonds. The van der Waals surface area contributed by atoms with Crippen molar-refractivity contribution in [3.63, 3.8) is 0 Å². The van der Waals surface area contributed by atoms with Crippen molar-refractivity contribution in [3.05, 3.63) is 63.9 Å². The fourth-order valence-corrected chi connectivity index (χ4v) is 4.22. The second-order valence-corrected chi connectivity index (χ2v) is 7.84. The molecule has 0 aliphatic rings. The fraction of sp³-hybridized carbons (Fsp3) is 0.263. The zero-order valence-corrected chi connectivity index (χ0v) is 15.9. The van der Waals surface area contributed by atoms with Crippen LogP contribution in [0.25, 0.3) is 11.4 Å². The highest BCUT2D eigenvalue weighted by molar-refractivity contribution is 7.98. The highest BCUT2D eigenvalue weighted by Gasteiger charge is 2.17. The van der Waals surface area contributed by atoms with Gasteiger partial charge in [-0.3, -0.25) is 4.57 Å². The summed E-state index contributed by atoms with van der Waals surface area (Å²) in [6.07, 6.45) is 1.90. The molecule has 0 spiro atoms. The molecule has 2 aromatic heterocycles. The van der Waals surface area contributed by atoms with Crippen LogP contribution < -0.4 is 0 Å². The molecule has 1 aromatic carbocycles. The van der Waals surface area contributed by atoms with E-state index in [0.29, 0.717) is 6.54 Å². The minimum atomic E-state index is 0.715. The minimum Gasteiger partial charge on any atom is -0.298 e. The lowest BCUT2D eigenvalue weighted by atomic mass is 10.1. The van der Waals surface area contributed by atoms with Gasteiger partial charge in [0, 0.05) is 28.1 Å². The Hall–Kier alpha value is -1.85. The Bertz CT molecular complexity index is 844. The highest BCUT2D eigenvalue weighted by Crippen LogP contribution is 2.32. The summed E-state index contributed by atoms with van der Waals surface area (Å²) in [5.41, 5.74) is 5.04. The summed E-state index contributed by atoms with van der Waals surface area (Å²) in [5.74, 6) is 1.82. The first kappa shape index (κ1) is 17.0. The third-order valence-electron chi connectivity index (χ3n) is 4.04. The number of aryl methyl sites for hydroxylation is 2. The number of thiophene rings is 1. The van der Waals surface area contributed by atoms with Gasteiger partial charge in [-0.1, -0.05) is 47.7 Å². The van der Waals surface area contributed by atoms with Crippen LogP contribution in [0.1, 0.15) is 21.6 Å². The summed E-state index contributed by atoms with van der Waals surface area (Å²) in [6, 6.07) is 8.63. The molecule has 24 heavy (non-hydrogen) atoms. The SMILES string of the molecule is C=CCn1c(SCc2ccc(C)cc2)nnc1-c1csc(C)c1C. The van der Waals surface area contributed by atoms with E-state index in [4.69, 9.17) is 0 Å². The predicted molar refractivity (Wildman–Crippen MR) is 104 cm³/mol. The largest absolute Gasteiger partial charge is 0.298 e. The Labute approximate surface area is 151 Å². The van der Waals surface area contributed by atoms with Gasteiger partial charge in [0.15, 0.2) is 11.0 Å². The second-order valence-electron chi connectivity index (χ2n) is 5.81. The highest BCUT2D eigenvalue weighted by atomic mass is 32.2. The van der Waals surface area contributed by atoms with Gasteiger partial charge in [-0.25, -0.2) is 0 Å². The lowest BCUT2D eigenvalue weighted by Crippen LogP contribution is -2.01. The molecule has 2 heterocycles. The molecular weight excluding hydrogens is 334 g/mol. The van der Waals surface area contributed by atoms with Gasteiger partial charge in [0.25, 0.3) is 0 Å². The third-order valence-corrected chi connectivity index (χ3v) is 6.09. The average Bonchev–Trinajstić information content (AvgIpc) is 3.12. The third kappa shape index (κ3) is 3.47. The summed E-state index contributed by atoms with van der Waals surface area (Å²) < 4.78 is 2.15. The molecule has 3 rings (SSSR count). The molecule has 3 nitrogen and oxygen atoms in total. The van der Waals surface area contributed by atoms with Crippen molar-refractivity contribution < 1.29 is 0 Å². The van der Waals surface area contributed by atoms with Gasteiger partial charge >= 0.3 is 0 Å². The maximum Gasteiger partial charge on any atom is 0.192 e. The average molecular weight is 356 g/mol. The first-order valence-electron chi connectivity index (χ1n) is 7.87. The molecule has 0 saturated carbocycles. The van der Waals surface area contributed by atoms with Crippen molar-refractivity contribution >= 4 is 23.1 Å². The van der Waals surface area contributed by atoms with Crippen LogP contribution in [0.4, 0.5) is 0 Å². The van der Waals surface area contributed by atoms with Gasteiger partial charge < -0.3 is 0 Å². The van der Waals surface area contributed by atoms with Crippen molar-refractivity contribution in [1.29, 1.82) is 0 Å². The Morgan fingerprint density at radius 2 is 1.92 bits per heavy atom. The van der Waals surface area contributed by atoms with Crippen LogP contribution >= 0.6 is 23.1 Å². The van der Waals surface area contributed by atoms with Crippen molar-refractivity contribution in [1.82, 2.24) is 14.8 Å². The first-order valence-corrected chi connectivity index (χ1v) is 9.74. The van der Waals surface area contributed by atoms with E-state index >= 15 is 0 Å². The maximum atomic E-state index is 4.46. The van der Waals surface area contributed by atoms with Crippen LogP contribution in [0.15, 0.2) is 47.5 Å². The molecule has 0 radical (unpaired) electrons. The molecule has 5 heteroatoms. The standard InChI is InChI=1S/C19H21N3S2/c1-5-10-22-18(17-12-23-15(4)14(17)3)20-21-19(22)24-11-16-8-6-13(2)7-9-16/h5-9,12H,1,10-11H2,2-4H3. The summed E-state index contributed by atoms with van der Waals surface area (Å²) in [7, 11) is 0. The monoisotopic (exact) mass is 355 g/mol. The van der Waals surface area contributed by atoms with E-state index in [1.165, 1.54) is 27.1 Å². The molecule has 0 aliphatic heterocycles. The molecular formula is C19H21N3S2. The van der Waals surface area contributed by atoms with Crippen molar-refractivity contribution in [2.24, 2.45) is 0 Å². The predicted octanol–water partition coefficient (Wildman–Crippen LogP) is 5.41. The molecule has 0 saturated heterocycles. The Balaban J connectivity index is 1.87. The first-order chi connectivity index (χ1) is 11.6. The fourth-order valence-electron chi connectivity index (χ4n) is 2.45. The van der Waals surface area contributed by atoms with Crippen molar-refractivity contribution in [3.8, 4) is 11.4 Å². The molecule has 0 fully saturated rings. The molecule has 0 unspecified atom stereocenters. The minimum absolute atomic E-state index is 0.715. The topological polar surface area (TPSA) is 30.7 Å². The smallest absolute Gasteiger partial charge is 0.192 e. The normalized spacial score (nSPS) is 11.0. The van der Waals surface area contributed by atoms with Crippen LogP contribution in [0.2, 0.25) is 0 Å². The van der Waals surface area contributed by atoms with Gasteiger partial charge in [0.2, 0.25) is 0 Å². The van der Waals surface area contributed by atoms with E-state index in [-0.39, 0.29) is 0 Å². The Morgan fingerprint density at radius 3 is 2.54 bits per heavy atom. The van der Waals surface area contributed by atoms with Gasteiger partial charge in [-0.15, -0.1) is 28.1 Å². The van der Waals surface area contributed by atoms with E-state index < -0.39 is 0 Å². The van der Waals surface area contributed by atoms with Gasteiger partial charge in [-0.05, 0) is 31.9 Å². The van der Waals surface area contributed by atoms with Gasteiger partial charge in [0.05, 0.1) is 0 Å². The van der Waals surface area contributed by atoms with Gasteiger partial charge in [-0.2, -0.15) is 0 Å². The molecule has 0 bridgehead atoms. The lowest BCUT2D eigenvalue weighted by molar-refractivity contribution is 0.731. The second kappa shape index (κ2) is 7.36. The number of hydrogen-bond acceptors (Lipinski definition) is 4. The Kier molecular flexibility index (Phi) is 5.21. The van der Waals surface area contributed by atoms with E-state index in [1.54, 1.807) is 23.1 Å². The van der Waals surface area contributed by atoms with Crippen molar-refractivity contribution in [2.45, 2.75) is 38.2 Å². The summed E-state index contributed by atoms with van der Waals surface area (Å²) in [4.78, 5) is 1.33. The van der Waals surface area contributed by atoms with E-state index in [9.17, 15) is 0 Å². The lowest BCUT2D eigenvalue weighted by Gasteiger charge is -2.08. The van der Waals surface area contributed by atoms with Crippen LogP contribution in [0.5, 0.6) is 0 Å². The molecule has 0 N–H and O–H groups in total. The van der Waals surface area contributed by atoms with Gasteiger partial charge in [0.1, 0.15) is 0 Å². The molecule has 124 valence electrons. The maximum absolute atomic E-state index is 4.46. The summed E-state index contributed by atoms with van der Waals surface area (Å²) in [6.45, 7) is 11.0. The summed E-state index contributed by atoms with van der Waals surface area (Å²) in [5, 5.41) is 12.0. The number of nitrogens with zero attached hydrogens (tertiary/aromatic N) is 3. The van der Waals surface area contributed by atoms with E-state index in [1.807, 2.05) is 6.08 Å². The quantitative estimate of drug-likeness (QED) is 0.437. The zero-order valence-electron chi connectivity index (χ0n) is 14.2. The van der Waals surface area contributed by atoms with E-state index in [0.717, 1.165) is 16.7 Å². The number of aromatic nitrogens is 3. The molecule has 0 aliphatic carbocycles. The van der Waals surface area contributed by atoms with Crippen molar-refractivity contribution in [2.75, 3.05) is 0 Å². The molecule has 3 aromatic rings. The number of hydrogen-bond donors (Lipinski definition) is 0. The van der Waals surface area contributed by atoms with E-state index in [2.05, 4.69) is 71.8 Å². The number of thioether (sulfide) groups is 1. The van der Waals surface area contributed by atoms with Crippen LogP contribution in [0, 0.1) is 20.8 Å². The zero-order chi connectivity index (χ0) is 17.1. The number of allylic oxidation sites excluding steroid dienone is 1. The Morgan fingerprint density at radius 1 is 1.17 bits per heavy atom. The van der Waals surface area contributed by atoms with Crippen LogP contribution in [-0.4, -0.2) is 14.8 Å². The van der Waals surface area contributed by atoms with Crippen LogP contribution in [-0.2, 0) is 12.3 Å².